The van der Waals surface area contributed by atoms with Gasteiger partial charge in [0.1, 0.15) is 6.54 Å². The lowest BCUT2D eigenvalue weighted by Gasteiger charge is -2.16. The first-order valence-electron chi connectivity index (χ1n) is 5.13. The minimum atomic E-state index is -0.945. The Morgan fingerprint density at radius 2 is 2.00 bits per heavy atom. The van der Waals surface area contributed by atoms with Crippen molar-refractivity contribution in [1.82, 2.24) is 5.01 Å². The molecule has 0 aromatic heterocycles. The van der Waals surface area contributed by atoms with Gasteiger partial charge in [-0.05, 0) is 13.3 Å². The van der Waals surface area contributed by atoms with Crippen molar-refractivity contribution in [2.45, 2.75) is 26.7 Å². The van der Waals surface area contributed by atoms with E-state index in [1.807, 2.05) is 6.92 Å². The molecule has 0 atom stereocenters. The lowest BCUT2D eigenvalue weighted by Crippen LogP contribution is -2.26. The summed E-state index contributed by atoms with van der Waals surface area (Å²) in [5.74, 6) is -1.31. The van der Waals surface area contributed by atoms with Gasteiger partial charge in [0.2, 0.25) is 0 Å². The van der Waals surface area contributed by atoms with Gasteiger partial charge < -0.3 is 9.84 Å². The maximum Gasteiger partial charge on any atom is 0.324 e. The summed E-state index contributed by atoms with van der Waals surface area (Å²) in [6.45, 7) is 3.98. The summed E-state index contributed by atoms with van der Waals surface area (Å²) < 4.78 is 4.52. The molecule has 16 heavy (non-hydrogen) atoms. The molecular formula is C10H18N2O4. The molecule has 0 aromatic rings. The number of hydrogen-bond acceptors (Lipinski definition) is 5. The van der Waals surface area contributed by atoms with E-state index in [2.05, 4.69) is 9.84 Å². The molecular weight excluding hydrogens is 212 g/mol. The fourth-order valence-corrected chi connectivity index (χ4v) is 1.04. The van der Waals surface area contributed by atoms with Crippen LogP contribution in [0.4, 0.5) is 0 Å². The molecule has 0 saturated heterocycles. The fourth-order valence-electron chi connectivity index (χ4n) is 1.04. The van der Waals surface area contributed by atoms with Gasteiger partial charge in [0.15, 0.2) is 0 Å². The number of hydrazone groups is 1. The Hall–Kier alpha value is -1.59. The Morgan fingerprint density at radius 3 is 2.38 bits per heavy atom. The second kappa shape index (κ2) is 7.67. The Kier molecular flexibility index (Phi) is 6.91. The molecule has 6 nitrogen and oxygen atoms in total. The predicted molar refractivity (Wildman–Crippen MR) is 59.2 cm³/mol. The summed E-state index contributed by atoms with van der Waals surface area (Å²) in [5, 5.41) is 14.1. The number of nitrogens with zero attached hydrogens (tertiary/aromatic N) is 2. The lowest BCUT2D eigenvalue weighted by molar-refractivity contribution is -0.139. The highest BCUT2D eigenvalue weighted by molar-refractivity contribution is 5.98. The van der Waals surface area contributed by atoms with Crippen molar-refractivity contribution in [3.8, 4) is 0 Å². The second-order valence-corrected chi connectivity index (χ2v) is 3.15. The van der Waals surface area contributed by atoms with E-state index in [0.717, 1.165) is 0 Å². The first-order chi connectivity index (χ1) is 7.53. The summed E-state index contributed by atoms with van der Waals surface area (Å²) >= 11 is 0. The number of carbonyl (C=O) groups is 2. The van der Waals surface area contributed by atoms with E-state index in [1.54, 1.807) is 6.92 Å². The number of likely N-dealkylation sites (N-methyl/N-ethyl adjacent to an activating group) is 1. The molecule has 92 valence electrons. The van der Waals surface area contributed by atoms with Crippen molar-refractivity contribution in [1.29, 1.82) is 0 Å². The lowest BCUT2D eigenvalue weighted by atomic mass is 10.2. The van der Waals surface area contributed by atoms with Crippen molar-refractivity contribution in [2.24, 2.45) is 5.10 Å². The van der Waals surface area contributed by atoms with Crippen molar-refractivity contribution < 1.29 is 19.4 Å². The van der Waals surface area contributed by atoms with E-state index in [1.165, 1.54) is 12.1 Å². The molecule has 0 radical (unpaired) electrons. The topological polar surface area (TPSA) is 79.2 Å². The third-order valence-electron chi connectivity index (χ3n) is 1.95. The molecule has 0 aliphatic carbocycles. The van der Waals surface area contributed by atoms with Crippen LogP contribution >= 0.6 is 0 Å². The van der Waals surface area contributed by atoms with Crippen molar-refractivity contribution in [2.75, 3.05) is 20.2 Å². The van der Waals surface area contributed by atoms with E-state index < -0.39 is 5.97 Å². The number of carboxylic acids is 1. The molecule has 0 spiro atoms. The third-order valence-corrected chi connectivity index (χ3v) is 1.95. The highest BCUT2D eigenvalue weighted by Crippen LogP contribution is 1.99. The summed E-state index contributed by atoms with van der Waals surface area (Å²) in [7, 11) is 1.31. The molecule has 0 amide bonds. The summed E-state index contributed by atoms with van der Waals surface area (Å²) in [4.78, 5) is 21.5. The fraction of sp³-hybridized carbons (Fsp3) is 0.700. The average Bonchev–Trinajstić information content (AvgIpc) is 2.25. The first-order valence-corrected chi connectivity index (χ1v) is 5.13. The number of hydrogen-bond donors (Lipinski definition) is 1. The molecule has 0 heterocycles. The molecule has 0 aromatic carbocycles. The van der Waals surface area contributed by atoms with Crippen molar-refractivity contribution in [3.05, 3.63) is 0 Å². The molecule has 0 unspecified atom stereocenters. The second-order valence-electron chi connectivity index (χ2n) is 3.15. The van der Waals surface area contributed by atoms with E-state index >= 15 is 0 Å². The Bertz CT molecular complexity index is 276. The van der Waals surface area contributed by atoms with E-state index in [0.29, 0.717) is 18.7 Å². The zero-order chi connectivity index (χ0) is 12.6. The molecule has 0 aliphatic rings. The van der Waals surface area contributed by atoms with E-state index in [9.17, 15) is 9.59 Å². The van der Waals surface area contributed by atoms with E-state index in [-0.39, 0.29) is 18.9 Å². The molecule has 0 bridgehead atoms. The van der Waals surface area contributed by atoms with Gasteiger partial charge in [-0.3, -0.25) is 14.6 Å². The van der Waals surface area contributed by atoms with Gasteiger partial charge in [0.05, 0.1) is 13.5 Å². The number of carbonyl (C=O) groups excluding carboxylic acids is 1. The minimum Gasteiger partial charge on any atom is -0.480 e. The van der Waals surface area contributed by atoms with Crippen molar-refractivity contribution in [3.63, 3.8) is 0 Å². The zero-order valence-corrected chi connectivity index (χ0v) is 9.89. The Morgan fingerprint density at radius 1 is 1.38 bits per heavy atom. The van der Waals surface area contributed by atoms with Gasteiger partial charge in [0.25, 0.3) is 0 Å². The standard InChI is InChI=1S/C10H18N2O4/c1-4-8(6-10(15)16-3)11-12(5-2)7-9(13)14/h4-7H2,1-3H3,(H,13,14)/b11-8+. The van der Waals surface area contributed by atoms with Crippen LogP contribution in [-0.2, 0) is 14.3 Å². The van der Waals surface area contributed by atoms with E-state index in [4.69, 9.17) is 5.11 Å². The largest absolute Gasteiger partial charge is 0.480 e. The van der Waals surface area contributed by atoms with Crippen LogP contribution in [0.3, 0.4) is 0 Å². The molecule has 0 fully saturated rings. The SMILES string of the molecule is CC/C(CC(=O)OC)=N\N(CC)CC(=O)O. The monoisotopic (exact) mass is 230 g/mol. The summed E-state index contributed by atoms with van der Waals surface area (Å²) in [6, 6.07) is 0. The van der Waals surface area contributed by atoms with Gasteiger partial charge in [0, 0.05) is 12.3 Å². The normalized spacial score (nSPS) is 11.1. The van der Waals surface area contributed by atoms with Crippen LogP contribution in [0, 0.1) is 0 Å². The maximum atomic E-state index is 11.0. The van der Waals surface area contributed by atoms with Gasteiger partial charge >= 0.3 is 11.9 Å². The van der Waals surface area contributed by atoms with Crippen LogP contribution in [0.1, 0.15) is 26.7 Å². The number of aliphatic carboxylic acids is 1. The van der Waals surface area contributed by atoms with Crippen LogP contribution in [0.25, 0.3) is 0 Å². The first kappa shape index (κ1) is 14.4. The predicted octanol–water partition coefficient (Wildman–Crippen LogP) is 0.722. The summed E-state index contributed by atoms with van der Waals surface area (Å²) in [5.41, 5.74) is 0.620. The average molecular weight is 230 g/mol. The maximum absolute atomic E-state index is 11.0. The smallest absolute Gasteiger partial charge is 0.324 e. The van der Waals surface area contributed by atoms with Crippen LogP contribution in [-0.4, -0.2) is 48.0 Å². The number of esters is 1. The number of rotatable bonds is 7. The molecule has 1 N–H and O–H groups in total. The van der Waals surface area contributed by atoms with Crippen LogP contribution < -0.4 is 0 Å². The molecule has 0 aliphatic heterocycles. The highest BCUT2D eigenvalue weighted by atomic mass is 16.5. The number of ether oxygens (including phenoxy) is 1. The molecule has 0 saturated carbocycles. The number of methoxy groups -OCH3 is 1. The minimum absolute atomic E-state index is 0.100. The van der Waals surface area contributed by atoms with Crippen LogP contribution in [0.15, 0.2) is 5.10 Å². The van der Waals surface area contributed by atoms with Gasteiger partial charge in [-0.1, -0.05) is 6.92 Å². The van der Waals surface area contributed by atoms with Crippen molar-refractivity contribution >= 4 is 17.7 Å². The molecule has 0 rings (SSSR count). The van der Waals surface area contributed by atoms with Gasteiger partial charge in [-0.15, -0.1) is 0 Å². The zero-order valence-electron chi connectivity index (χ0n) is 9.89. The van der Waals surface area contributed by atoms with Gasteiger partial charge in [-0.2, -0.15) is 5.10 Å². The Labute approximate surface area is 94.9 Å². The number of carboxylic acid groups (broad SMARTS) is 1. The van der Waals surface area contributed by atoms with Crippen LogP contribution in [0.5, 0.6) is 0 Å². The summed E-state index contributed by atoms with van der Waals surface area (Å²) in [6.07, 6.45) is 0.689. The highest BCUT2D eigenvalue weighted by Gasteiger charge is 2.09. The van der Waals surface area contributed by atoms with Crippen LogP contribution in [0.2, 0.25) is 0 Å². The Balaban J connectivity index is 4.50. The van der Waals surface area contributed by atoms with Gasteiger partial charge in [-0.25, -0.2) is 0 Å². The molecule has 6 heteroatoms. The third kappa shape index (κ3) is 6.00. The quantitative estimate of drug-likeness (QED) is 0.396.